The van der Waals surface area contributed by atoms with Crippen molar-refractivity contribution in [2.75, 3.05) is 19.5 Å². The molecule has 0 aromatic heterocycles. The molecule has 7 heteroatoms. The summed E-state index contributed by atoms with van der Waals surface area (Å²) in [7, 11) is 1.54. The number of rotatable bonds is 9. The molecule has 6 nitrogen and oxygen atoms in total. The molecule has 0 atom stereocenters. The van der Waals surface area contributed by atoms with E-state index < -0.39 is 5.97 Å². The number of benzene rings is 2. The van der Waals surface area contributed by atoms with Crippen molar-refractivity contribution in [2.45, 2.75) is 24.8 Å². The molecule has 2 aromatic rings. The third-order valence-electron chi connectivity index (χ3n) is 3.66. The molecule has 148 valence electrons. The molecule has 0 bridgehead atoms. The lowest BCUT2D eigenvalue weighted by Crippen LogP contribution is -2.31. The fraction of sp³-hybridized carbons (Fsp3) is 0.286. The number of Topliss-reactive ketones (excluding diaryl/α,β-unsaturated/α-hetero) is 1. The first-order valence-electron chi connectivity index (χ1n) is 8.76. The number of thioether (sulfide) groups is 1. The Morgan fingerprint density at radius 2 is 1.71 bits per heavy atom. The zero-order valence-electron chi connectivity index (χ0n) is 16.1. The summed E-state index contributed by atoms with van der Waals surface area (Å²) in [5.41, 5.74) is 0.758. The standard InChI is InChI=1S/C21H23NO5S/c1-14(2)22-20(24)13-28-19-7-5-4-6-17(19)21(25)27-12-18(23)15-8-10-16(26-3)11-9-15/h4-11,14H,12-13H2,1-3H3,(H,22,24). The molecule has 0 saturated carbocycles. The maximum atomic E-state index is 12.4. The van der Waals surface area contributed by atoms with Crippen molar-refractivity contribution in [2.24, 2.45) is 0 Å². The van der Waals surface area contributed by atoms with Crippen molar-refractivity contribution >= 4 is 29.4 Å². The van der Waals surface area contributed by atoms with Gasteiger partial charge in [0, 0.05) is 16.5 Å². The predicted molar refractivity (Wildman–Crippen MR) is 108 cm³/mol. The van der Waals surface area contributed by atoms with Gasteiger partial charge in [-0.15, -0.1) is 11.8 Å². The average molecular weight is 401 g/mol. The second-order valence-electron chi connectivity index (χ2n) is 6.23. The van der Waals surface area contributed by atoms with E-state index in [1.807, 2.05) is 13.8 Å². The van der Waals surface area contributed by atoms with Gasteiger partial charge >= 0.3 is 5.97 Å². The van der Waals surface area contributed by atoms with Crippen LogP contribution in [0.1, 0.15) is 34.6 Å². The Bertz CT molecular complexity index is 833. The average Bonchev–Trinajstić information content (AvgIpc) is 2.70. The smallest absolute Gasteiger partial charge is 0.339 e. The van der Waals surface area contributed by atoms with E-state index in [0.29, 0.717) is 21.8 Å². The lowest BCUT2D eigenvalue weighted by Gasteiger charge is -2.11. The summed E-state index contributed by atoms with van der Waals surface area (Å²) < 4.78 is 10.2. The van der Waals surface area contributed by atoms with Gasteiger partial charge in [-0.2, -0.15) is 0 Å². The molecule has 0 aliphatic rings. The van der Waals surface area contributed by atoms with E-state index in [9.17, 15) is 14.4 Å². The van der Waals surface area contributed by atoms with Crippen LogP contribution < -0.4 is 10.1 Å². The summed E-state index contributed by atoms with van der Waals surface area (Å²) in [5.74, 6) is -0.196. The summed E-state index contributed by atoms with van der Waals surface area (Å²) in [6.07, 6.45) is 0. The highest BCUT2D eigenvalue weighted by molar-refractivity contribution is 8.00. The number of esters is 1. The number of hydrogen-bond acceptors (Lipinski definition) is 6. The monoisotopic (exact) mass is 401 g/mol. The van der Waals surface area contributed by atoms with Gasteiger partial charge in [0.25, 0.3) is 0 Å². The maximum Gasteiger partial charge on any atom is 0.339 e. The van der Waals surface area contributed by atoms with E-state index in [4.69, 9.17) is 9.47 Å². The molecular weight excluding hydrogens is 378 g/mol. The van der Waals surface area contributed by atoms with Gasteiger partial charge in [-0.3, -0.25) is 9.59 Å². The second-order valence-corrected chi connectivity index (χ2v) is 7.25. The molecule has 1 amide bonds. The number of carbonyl (C=O) groups is 3. The maximum absolute atomic E-state index is 12.4. The highest BCUT2D eigenvalue weighted by Gasteiger charge is 2.16. The molecule has 0 spiro atoms. The first-order chi connectivity index (χ1) is 13.4. The molecule has 0 aliphatic heterocycles. The van der Waals surface area contributed by atoms with Crippen molar-refractivity contribution in [1.29, 1.82) is 0 Å². The van der Waals surface area contributed by atoms with Gasteiger partial charge < -0.3 is 14.8 Å². The van der Waals surface area contributed by atoms with Crippen LogP contribution in [0.2, 0.25) is 0 Å². The van der Waals surface area contributed by atoms with Gasteiger partial charge in [0.15, 0.2) is 12.4 Å². The van der Waals surface area contributed by atoms with Gasteiger partial charge in [0.1, 0.15) is 5.75 Å². The van der Waals surface area contributed by atoms with Crippen molar-refractivity contribution in [1.82, 2.24) is 5.32 Å². The van der Waals surface area contributed by atoms with Crippen molar-refractivity contribution in [3.8, 4) is 5.75 Å². The Morgan fingerprint density at radius 3 is 2.36 bits per heavy atom. The molecule has 28 heavy (non-hydrogen) atoms. The number of carbonyl (C=O) groups excluding carboxylic acids is 3. The zero-order valence-corrected chi connectivity index (χ0v) is 16.9. The number of ketones is 1. The van der Waals surface area contributed by atoms with Crippen molar-refractivity contribution in [3.63, 3.8) is 0 Å². The SMILES string of the molecule is COc1ccc(C(=O)COC(=O)c2ccccc2SCC(=O)NC(C)C)cc1. The van der Waals surface area contributed by atoms with Crippen LogP contribution in [0.4, 0.5) is 0 Å². The Morgan fingerprint density at radius 1 is 1.04 bits per heavy atom. The molecule has 0 radical (unpaired) electrons. The third-order valence-corrected chi connectivity index (χ3v) is 4.74. The quantitative estimate of drug-likeness (QED) is 0.394. The normalized spacial score (nSPS) is 10.4. The molecule has 0 heterocycles. The molecule has 2 aromatic carbocycles. The first-order valence-corrected chi connectivity index (χ1v) is 9.75. The topological polar surface area (TPSA) is 81.7 Å². The molecule has 1 N–H and O–H groups in total. The zero-order chi connectivity index (χ0) is 20.5. The number of nitrogens with one attached hydrogen (secondary N) is 1. The Kier molecular flexibility index (Phi) is 8.07. The van der Waals surface area contributed by atoms with Crippen LogP contribution in [-0.4, -0.2) is 43.2 Å². The van der Waals surface area contributed by atoms with E-state index in [1.54, 1.807) is 55.6 Å². The van der Waals surface area contributed by atoms with E-state index in [2.05, 4.69) is 5.32 Å². The first kappa shape index (κ1) is 21.5. The van der Waals surface area contributed by atoms with Crippen LogP contribution in [0.3, 0.4) is 0 Å². The summed E-state index contributed by atoms with van der Waals surface area (Å²) in [4.78, 5) is 37.1. The van der Waals surface area contributed by atoms with Gasteiger partial charge in [0.05, 0.1) is 18.4 Å². The van der Waals surface area contributed by atoms with E-state index in [-0.39, 0.29) is 30.1 Å². The minimum absolute atomic E-state index is 0.0530. The fourth-order valence-corrected chi connectivity index (χ4v) is 3.19. The highest BCUT2D eigenvalue weighted by atomic mass is 32.2. The Labute approximate surface area is 168 Å². The summed E-state index contributed by atoms with van der Waals surface area (Å²) in [6, 6.07) is 13.5. The summed E-state index contributed by atoms with van der Waals surface area (Å²) >= 11 is 1.25. The molecule has 2 rings (SSSR count). The number of ether oxygens (including phenoxy) is 2. The van der Waals surface area contributed by atoms with E-state index in [1.165, 1.54) is 11.8 Å². The summed E-state index contributed by atoms with van der Waals surface area (Å²) in [6.45, 7) is 3.40. The molecule has 0 unspecified atom stereocenters. The number of methoxy groups -OCH3 is 1. The molecule has 0 aliphatic carbocycles. The largest absolute Gasteiger partial charge is 0.497 e. The molecule has 0 fully saturated rings. The number of hydrogen-bond donors (Lipinski definition) is 1. The Balaban J connectivity index is 1.96. The van der Waals surface area contributed by atoms with Crippen LogP contribution >= 0.6 is 11.8 Å². The lowest BCUT2D eigenvalue weighted by molar-refractivity contribution is -0.119. The van der Waals surface area contributed by atoms with Crippen LogP contribution in [-0.2, 0) is 9.53 Å². The minimum atomic E-state index is -0.603. The van der Waals surface area contributed by atoms with Gasteiger partial charge in [-0.25, -0.2) is 4.79 Å². The molecular formula is C21H23NO5S. The lowest BCUT2D eigenvalue weighted by atomic mass is 10.1. The van der Waals surface area contributed by atoms with Crippen LogP contribution in [0.15, 0.2) is 53.4 Å². The van der Waals surface area contributed by atoms with E-state index >= 15 is 0 Å². The fourth-order valence-electron chi connectivity index (χ4n) is 2.34. The summed E-state index contributed by atoms with van der Waals surface area (Å²) in [5, 5.41) is 2.80. The Hall–Kier alpha value is -2.80. The van der Waals surface area contributed by atoms with Gasteiger partial charge in [0.2, 0.25) is 5.91 Å². The van der Waals surface area contributed by atoms with E-state index in [0.717, 1.165) is 0 Å². The minimum Gasteiger partial charge on any atom is -0.497 e. The van der Waals surface area contributed by atoms with Crippen LogP contribution in [0.5, 0.6) is 5.75 Å². The predicted octanol–water partition coefficient (Wildman–Crippen LogP) is 3.35. The van der Waals surface area contributed by atoms with Gasteiger partial charge in [-0.05, 0) is 50.2 Å². The van der Waals surface area contributed by atoms with Gasteiger partial charge in [-0.1, -0.05) is 12.1 Å². The van der Waals surface area contributed by atoms with Crippen LogP contribution in [0.25, 0.3) is 0 Å². The van der Waals surface area contributed by atoms with Crippen molar-refractivity contribution in [3.05, 3.63) is 59.7 Å². The highest BCUT2D eigenvalue weighted by Crippen LogP contribution is 2.23. The van der Waals surface area contributed by atoms with Crippen molar-refractivity contribution < 1.29 is 23.9 Å². The van der Waals surface area contributed by atoms with Crippen LogP contribution in [0, 0.1) is 0 Å². The number of amides is 1. The molecule has 0 saturated heterocycles. The third kappa shape index (κ3) is 6.42. The second kappa shape index (κ2) is 10.5.